The molecule has 122 valence electrons. The van der Waals surface area contributed by atoms with Crippen LogP contribution < -0.4 is 0 Å². The Morgan fingerprint density at radius 1 is 1.00 bits per heavy atom. The molecular formula is C17H29NO2Si2. The number of hydrogen-bond donors (Lipinski definition) is 0. The van der Waals surface area contributed by atoms with Crippen molar-refractivity contribution in [2.75, 3.05) is 0 Å². The lowest BCUT2D eigenvalue weighted by atomic mass is 9.69. The van der Waals surface area contributed by atoms with Crippen LogP contribution in [-0.4, -0.2) is 27.8 Å². The Kier molecular flexibility index (Phi) is 3.25. The maximum absolute atomic E-state index is 9.91. The minimum atomic E-state index is -1.77. The topological polar surface area (TPSA) is 42.2 Å². The van der Waals surface area contributed by atoms with Crippen molar-refractivity contribution in [2.24, 2.45) is 17.3 Å². The van der Waals surface area contributed by atoms with E-state index in [1.807, 2.05) is 0 Å². The van der Waals surface area contributed by atoms with Gasteiger partial charge in [0.2, 0.25) is 0 Å². The van der Waals surface area contributed by atoms with Crippen molar-refractivity contribution in [3.63, 3.8) is 0 Å². The van der Waals surface area contributed by atoms with Crippen molar-refractivity contribution >= 4 is 16.6 Å². The van der Waals surface area contributed by atoms with E-state index in [4.69, 9.17) is 8.85 Å². The summed E-state index contributed by atoms with van der Waals surface area (Å²) in [6, 6.07) is 2.61. The maximum atomic E-state index is 9.91. The lowest BCUT2D eigenvalue weighted by Gasteiger charge is -2.48. The minimum Gasteiger partial charge on any atom is -0.408 e. The third-order valence-electron chi connectivity index (χ3n) is 5.76. The average Bonchev–Trinajstić information content (AvgIpc) is 2.76. The molecule has 4 bridgehead atoms. The van der Waals surface area contributed by atoms with Crippen molar-refractivity contribution in [2.45, 2.75) is 70.2 Å². The monoisotopic (exact) mass is 335 g/mol. The van der Waals surface area contributed by atoms with Gasteiger partial charge in [0.15, 0.2) is 16.6 Å². The Labute approximate surface area is 136 Å². The van der Waals surface area contributed by atoms with Gasteiger partial charge < -0.3 is 8.85 Å². The highest BCUT2D eigenvalue weighted by atomic mass is 28.4. The number of hydrogen-bond acceptors (Lipinski definition) is 3. The van der Waals surface area contributed by atoms with Gasteiger partial charge >= 0.3 is 0 Å². The Hall–Kier alpha value is -0.416. The molecule has 0 spiro atoms. The van der Waals surface area contributed by atoms with Crippen molar-refractivity contribution < 1.29 is 8.85 Å². The molecule has 0 aromatic heterocycles. The lowest BCUT2D eigenvalue weighted by Crippen LogP contribution is -2.56. The van der Waals surface area contributed by atoms with Crippen LogP contribution >= 0.6 is 0 Å². The summed E-state index contributed by atoms with van der Waals surface area (Å²) in [5, 5.41) is 9.91. The molecule has 3 aliphatic carbocycles. The zero-order valence-corrected chi connectivity index (χ0v) is 17.0. The van der Waals surface area contributed by atoms with Crippen LogP contribution in [0.1, 0.15) is 19.8 Å². The molecule has 3 aliphatic rings. The standard InChI is InChI=1S/C17H29NO2Si2/c1-15-9-8-13-14(12-18)17(15,20-22(5,6)7)11-10-16(13,15)19-21(2,3)4/h10-11,13-14H,8-9H2,1-7H3/t13-,14+,15-,16-,17+/m1/s1. The Morgan fingerprint density at radius 2 is 1.50 bits per heavy atom. The molecule has 0 aromatic carbocycles. The summed E-state index contributed by atoms with van der Waals surface area (Å²) in [5.74, 6) is 0.217. The van der Waals surface area contributed by atoms with Crippen molar-refractivity contribution in [3.05, 3.63) is 12.2 Å². The third kappa shape index (κ3) is 1.84. The Bertz CT molecular complexity index is 571. The molecular weight excluding hydrogens is 306 g/mol. The van der Waals surface area contributed by atoms with E-state index in [2.05, 4.69) is 64.4 Å². The van der Waals surface area contributed by atoms with Gasteiger partial charge in [0.05, 0.1) is 23.2 Å². The predicted molar refractivity (Wildman–Crippen MR) is 93.4 cm³/mol. The van der Waals surface area contributed by atoms with E-state index in [0.717, 1.165) is 12.8 Å². The normalized spacial score (nSPS) is 46.3. The van der Waals surface area contributed by atoms with Crippen molar-refractivity contribution in [1.29, 1.82) is 5.26 Å². The first-order chi connectivity index (χ1) is 9.91. The smallest absolute Gasteiger partial charge is 0.185 e. The number of nitriles is 1. The molecule has 0 unspecified atom stereocenters. The second-order valence-electron chi connectivity index (χ2n) is 9.43. The first-order valence-electron chi connectivity index (χ1n) is 8.41. The van der Waals surface area contributed by atoms with Gasteiger partial charge in [-0.1, -0.05) is 19.1 Å². The van der Waals surface area contributed by atoms with Crippen LogP contribution in [0.15, 0.2) is 12.2 Å². The SMILES string of the molecule is C[C@]12CC[C@@H]3[C@H](C#N)[C@@]1(O[Si](C)(C)C)C=C[C@@]32O[Si](C)(C)C. The molecule has 0 N–H and O–H groups in total. The summed E-state index contributed by atoms with van der Waals surface area (Å²) in [4.78, 5) is 0. The van der Waals surface area contributed by atoms with Crippen LogP contribution in [0.2, 0.25) is 39.3 Å². The van der Waals surface area contributed by atoms with E-state index in [-0.39, 0.29) is 22.9 Å². The molecule has 0 saturated heterocycles. The van der Waals surface area contributed by atoms with E-state index in [1.54, 1.807) is 0 Å². The zero-order valence-electron chi connectivity index (χ0n) is 15.0. The van der Waals surface area contributed by atoms with Crippen LogP contribution in [0.25, 0.3) is 0 Å². The van der Waals surface area contributed by atoms with Crippen molar-refractivity contribution in [3.8, 4) is 6.07 Å². The molecule has 0 amide bonds. The molecule has 2 saturated carbocycles. The van der Waals surface area contributed by atoms with E-state index < -0.39 is 22.2 Å². The number of nitrogens with zero attached hydrogens (tertiary/aromatic N) is 1. The molecule has 2 fully saturated rings. The van der Waals surface area contributed by atoms with Crippen LogP contribution in [0, 0.1) is 28.6 Å². The third-order valence-corrected chi connectivity index (χ3v) is 7.66. The quantitative estimate of drug-likeness (QED) is 0.568. The Balaban J connectivity index is 2.12. The van der Waals surface area contributed by atoms with Gasteiger partial charge in [-0.3, -0.25) is 0 Å². The molecule has 3 nitrogen and oxygen atoms in total. The van der Waals surface area contributed by atoms with E-state index >= 15 is 0 Å². The second-order valence-corrected chi connectivity index (χ2v) is 18.3. The zero-order chi connectivity index (χ0) is 16.6. The summed E-state index contributed by atoms with van der Waals surface area (Å²) in [6.07, 6.45) is 6.66. The van der Waals surface area contributed by atoms with E-state index in [1.165, 1.54) is 0 Å². The van der Waals surface area contributed by atoms with Gasteiger partial charge in [-0.25, -0.2) is 0 Å². The molecule has 5 atom stereocenters. The average molecular weight is 336 g/mol. The highest BCUT2D eigenvalue weighted by molar-refractivity contribution is 6.70. The predicted octanol–water partition coefficient (Wildman–Crippen LogP) is 4.31. The minimum absolute atomic E-state index is 0.0701. The van der Waals surface area contributed by atoms with Gasteiger partial charge in [-0.2, -0.15) is 5.26 Å². The fourth-order valence-electron chi connectivity index (χ4n) is 5.29. The van der Waals surface area contributed by atoms with Gasteiger partial charge in [0, 0.05) is 11.3 Å². The van der Waals surface area contributed by atoms with Crippen LogP contribution in [0.5, 0.6) is 0 Å². The summed E-state index contributed by atoms with van der Waals surface area (Å²) in [5.41, 5.74) is -0.808. The summed E-state index contributed by atoms with van der Waals surface area (Å²) in [7, 11) is -3.49. The summed E-state index contributed by atoms with van der Waals surface area (Å²) < 4.78 is 13.5. The van der Waals surface area contributed by atoms with Gasteiger partial charge in [0.1, 0.15) is 0 Å². The molecule has 22 heavy (non-hydrogen) atoms. The Morgan fingerprint density at radius 3 is 2.00 bits per heavy atom. The van der Waals surface area contributed by atoms with Gasteiger partial charge in [-0.15, -0.1) is 0 Å². The molecule has 0 aliphatic heterocycles. The number of rotatable bonds is 4. The van der Waals surface area contributed by atoms with E-state index in [0.29, 0.717) is 0 Å². The molecule has 0 radical (unpaired) electrons. The van der Waals surface area contributed by atoms with Gasteiger partial charge in [0.25, 0.3) is 0 Å². The first kappa shape index (κ1) is 16.4. The fourth-order valence-corrected chi connectivity index (χ4v) is 8.19. The molecule has 5 heteroatoms. The highest BCUT2D eigenvalue weighted by Gasteiger charge is 2.81. The maximum Gasteiger partial charge on any atom is 0.185 e. The molecule has 0 aromatic rings. The lowest BCUT2D eigenvalue weighted by molar-refractivity contribution is -0.0590. The van der Waals surface area contributed by atoms with Crippen LogP contribution in [0.3, 0.4) is 0 Å². The highest BCUT2D eigenvalue weighted by Crippen LogP contribution is 2.75. The van der Waals surface area contributed by atoms with Crippen LogP contribution in [-0.2, 0) is 8.85 Å². The summed E-state index contributed by atoms with van der Waals surface area (Å²) >= 11 is 0. The molecule has 0 heterocycles. The second kappa shape index (κ2) is 4.35. The largest absolute Gasteiger partial charge is 0.408 e. The van der Waals surface area contributed by atoms with Gasteiger partial charge in [-0.05, 0) is 52.1 Å². The van der Waals surface area contributed by atoms with Crippen LogP contribution in [0.4, 0.5) is 0 Å². The first-order valence-corrected chi connectivity index (χ1v) is 15.2. The van der Waals surface area contributed by atoms with E-state index in [9.17, 15) is 5.26 Å². The summed E-state index contributed by atoms with van der Waals surface area (Å²) in [6.45, 7) is 15.7. The van der Waals surface area contributed by atoms with Crippen molar-refractivity contribution in [1.82, 2.24) is 0 Å². The molecule has 3 rings (SSSR count). The fraction of sp³-hybridized carbons (Fsp3) is 0.824.